The molecular formula is C22H18F3N7. The van der Waals surface area contributed by atoms with Gasteiger partial charge in [-0.05, 0) is 54.6 Å². The summed E-state index contributed by atoms with van der Waals surface area (Å²) in [6, 6.07) is 15.7. The molecule has 4 rings (SSSR count). The van der Waals surface area contributed by atoms with Crippen molar-refractivity contribution >= 4 is 34.3 Å². The van der Waals surface area contributed by atoms with E-state index >= 15 is 0 Å². The van der Waals surface area contributed by atoms with Gasteiger partial charge in [0.1, 0.15) is 11.3 Å². The third-order valence-corrected chi connectivity index (χ3v) is 4.63. The number of fused-ring (bicyclic) bond motifs is 1. The van der Waals surface area contributed by atoms with Crippen LogP contribution in [0.5, 0.6) is 0 Å². The first-order chi connectivity index (χ1) is 15.4. The summed E-state index contributed by atoms with van der Waals surface area (Å²) >= 11 is 0. The number of halogens is 3. The second-order valence-corrected chi connectivity index (χ2v) is 6.78. The van der Waals surface area contributed by atoms with Crippen molar-refractivity contribution in [2.45, 2.75) is 6.18 Å². The Morgan fingerprint density at radius 1 is 1.06 bits per heavy atom. The van der Waals surface area contributed by atoms with Gasteiger partial charge in [-0.3, -0.25) is 9.98 Å². The molecule has 0 aliphatic carbocycles. The molecule has 4 aromatic rings. The van der Waals surface area contributed by atoms with E-state index in [9.17, 15) is 13.2 Å². The number of hydrogen-bond donors (Lipinski definition) is 2. The fraction of sp³-hybridized carbons (Fsp3) is 0.0909. The number of alkyl halides is 3. The predicted octanol–water partition coefficient (Wildman–Crippen LogP) is 4.57. The van der Waals surface area contributed by atoms with Crippen LogP contribution in [0.2, 0.25) is 0 Å². The zero-order valence-corrected chi connectivity index (χ0v) is 16.7. The highest BCUT2D eigenvalue weighted by molar-refractivity contribution is 6.32. The second kappa shape index (κ2) is 8.88. The van der Waals surface area contributed by atoms with E-state index in [-0.39, 0.29) is 12.2 Å². The maximum Gasteiger partial charge on any atom is 0.433 e. The van der Waals surface area contributed by atoms with Crippen LogP contribution in [0.4, 0.5) is 24.5 Å². The Bertz CT molecular complexity index is 1270. The Kier molecular flexibility index (Phi) is 5.84. The van der Waals surface area contributed by atoms with E-state index in [1.165, 1.54) is 12.3 Å². The molecule has 162 valence electrons. The van der Waals surface area contributed by atoms with E-state index in [4.69, 9.17) is 5.84 Å². The number of aromatic nitrogens is 3. The number of aliphatic imine (C=N–C) groups is 1. The smallest absolute Gasteiger partial charge is 0.379 e. The van der Waals surface area contributed by atoms with Crippen LogP contribution in [0, 0.1) is 0 Å². The molecule has 0 spiro atoms. The van der Waals surface area contributed by atoms with Gasteiger partial charge in [0.05, 0.1) is 24.2 Å². The lowest BCUT2D eigenvalue weighted by molar-refractivity contribution is -0.141. The van der Waals surface area contributed by atoms with Gasteiger partial charge in [0.25, 0.3) is 0 Å². The number of nitrogens with two attached hydrogens (primary N) is 1. The highest BCUT2D eigenvalue weighted by atomic mass is 19.4. The number of nitrogens with zero attached hydrogens (tertiary/aromatic N) is 5. The molecule has 3 heterocycles. The van der Waals surface area contributed by atoms with Crippen molar-refractivity contribution in [3.05, 3.63) is 78.9 Å². The van der Waals surface area contributed by atoms with Gasteiger partial charge >= 0.3 is 6.18 Å². The maximum atomic E-state index is 12.8. The average molecular weight is 437 g/mol. The fourth-order valence-corrected chi connectivity index (χ4v) is 3.04. The van der Waals surface area contributed by atoms with Crippen LogP contribution in [-0.4, -0.2) is 33.0 Å². The van der Waals surface area contributed by atoms with Crippen molar-refractivity contribution in [1.82, 2.24) is 14.5 Å². The lowest BCUT2D eigenvalue weighted by atomic mass is 10.2. The van der Waals surface area contributed by atoms with Crippen molar-refractivity contribution in [3.63, 3.8) is 0 Å². The molecule has 1 aromatic carbocycles. The van der Waals surface area contributed by atoms with E-state index in [0.717, 1.165) is 29.0 Å². The zero-order chi connectivity index (χ0) is 22.6. The molecule has 10 heteroatoms. The lowest BCUT2D eigenvalue weighted by Gasteiger charge is -2.09. The molecule has 0 atom stereocenters. The topological polar surface area (TPSA) is 93.5 Å². The minimum absolute atomic E-state index is 0.0976. The molecule has 0 fully saturated rings. The van der Waals surface area contributed by atoms with Crippen LogP contribution in [0.3, 0.4) is 0 Å². The Hall–Kier alpha value is -4.21. The predicted molar refractivity (Wildman–Crippen MR) is 119 cm³/mol. The summed E-state index contributed by atoms with van der Waals surface area (Å²) in [4.78, 5) is 12.1. The van der Waals surface area contributed by atoms with E-state index in [2.05, 4.69) is 25.4 Å². The number of pyridine rings is 2. The lowest BCUT2D eigenvalue weighted by Crippen LogP contribution is -2.17. The van der Waals surface area contributed by atoms with Crippen LogP contribution in [0.15, 0.2) is 83.3 Å². The number of hydrazone groups is 1. The molecule has 3 aromatic heterocycles. The SMILES string of the molecule is NN=C(C=Nc1ccc(-n2ccc3cccnc32)cc1)CNc1ccnc(C(F)(F)F)c1. The van der Waals surface area contributed by atoms with Gasteiger partial charge < -0.3 is 15.7 Å². The number of anilines is 1. The molecule has 0 aliphatic rings. The van der Waals surface area contributed by atoms with E-state index < -0.39 is 11.9 Å². The van der Waals surface area contributed by atoms with Gasteiger partial charge in [0.15, 0.2) is 0 Å². The zero-order valence-electron chi connectivity index (χ0n) is 16.7. The monoisotopic (exact) mass is 437 g/mol. The van der Waals surface area contributed by atoms with Crippen LogP contribution in [-0.2, 0) is 6.18 Å². The maximum absolute atomic E-state index is 12.8. The number of hydrogen-bond acceptors (Lipinski definition) is 6. The van der Waals surface area contributed by atoms with Crippen molar-refractivity contribution in [3.8, 4) is 5.69 Å². The Morgan fingerprint density at radius 3 is 2.62 bits per heavy atom. The summed E-state index contributed by atoms with van der Waals surface area (Å²) in [5.41, 5.74) is 2.09. The van der Waals surface area contributed by atoms with Crippen LogP contribution >= 0.6 is 0 Å². The molecule has 0 unspecified atom stereocenters. The van der Waals surface area contributed by atoms with Crippen molar-refractivity contribution in [2.24, 2.45) is 15.9 Å². The van der Waals surface area contributed by atoms with Crippen molar-refractivity contribution in [2.75, 3.05) is 11.9 Å². The van der Waals surface area contributed by atoms with Gasteiger partial charge in [-0.25, -0.2) is 4.98 Å². The van der Waals surface area contributed by atoms with Crippen molar-refractivity contribution in [1.29, 1.82) is 0 Å². The van der Waals surface area contributed by atoms with Gasteiger partial charge in [-0.15, -0.1) is 0 Å². The minimum atomic E-state index is -4.51. The van der Waals surface area contributed by atoms with Crippen LogP contribution < -0.4 is 11.2 Å². The summed E-state index contributed by atoms with van der Waals surface area (Å²) in [6.07, 6.45) is 1.72. The summed E-state index contributed by atoms with van der Waals surface area (Å²) in [6.45, 7) is 0.0976. The van der Waals surface area contributed by atoms with Gasteiger partial charge in [0.2, 0.25) is 0 Å². The molecule has 0 saturated heterocycles. The normalized spacial score (nSPS) is 12.5. The van der Waals surface area contributed by atoms with E-state index in [0.29, 0.717) is 11.4 Å². The van der Waals surface area contributed by atoms with E-state index in [1.54, 1.807) is 6.20 Å². The van der Waals surface area contributed by atoms with Crippen molar-refractivity contribution < 1.29 is 13.2 Å². The number of benzene rings is 1. The molecule has 7 nitrogen and oxygen atoms in total. The second-order valence-electron chi connectivity index (χ2n) is 6.78. The Balaban J connectivity index is 1.42. The number of rotatable bonds is 6. The van der Waals surface area contributed by atoms with Crippen LogP contribution in [0.1, 0.15) is 5.69 Å². The summed E-state index contributed by atoms with van der Waals surface area (Å²) in [5.74, 6) is 5.40. The quantitative estimate of drug-likeness (QED) is 0.263. The van der Waals surface area contributed by atoms with Crippen LogP contribution in [0.25, 0.3) is 16.7 Å². The number of nitrogens with one attached hydrogen (secondary N) is 1. The summed E-state index contributed by atoms with van der Waals surface area (Å²) < 4.78 is 40.3. The third-order valence-electron chi connectivity index (χ3n) is 4.63. The summed E-state index contributed by atoms with van der Waals surface area (Å²) in [7, 11) is 0. The average Bonchev–Trinajstić information content (AvgIpc) is 3.23. The molecule has 0 bridgehead atoms. The molecule has 0 saturated carbocycles. The molecule has 32 heavy (non-hydrogen) atoms. The molecule has 3 N–H and O–H groups in total. The first-order valence-electron chi connectivity index (χ1n) is 9.54. The molecule has 0 radical (unpaired) electrons. The Morgan fingerprint density at radius 2 is 1.88 bits per heavy atom. The van der Waals surface area contributed by atoms with Gasteiger partial charge in [-0.2, -0.15) is 18.3 Å². The van der Waals surface area contributed by atoms with Gasteiger partial charge in [0, 0.05) is 35.4 Å². The standard InChI is InChI=1S/C22H18F3N7/c23-22(24,25)20-12-17(7-10-27-20)30-14-18(31-26)13-29-16-3-5-19(6-4-16)32-11-8-15-2-1-9-28-21(15)32/h1-13H,14,26H2,(H,27,30). The summed E-state index contributed by atoms with van der Waals surface area (Å²) in [5, 5.41) is 7.52. The first-order valence-corrected chi connectivity index (χ1v) is 9.54. The van der Waals surface area contributed by atoms with Gasteiger partial charge in [-0.1, -0.05) is 0 Å². The fourth-order valence-electron chi connectivity index (χ4n) is 3.04. The molecule has 0 amide bonds. The highest BCUT2D eigenvalue weighted by Gasteiger charge is 2.32. The van der Waals surface area contributed by atoms with E-state index in [1.807, 2.05) is 53.2 Å². The third kappa shape index (κ3) is 4.75. The molecular weight excluding hydrogens is 419 g/mol. The minimum Gasteiger partial charge on any atom is -0.379 e. The highest BCUT2D eigenvalue weighted by Crippen LogP contribution is 2.28. The largest absolute Gasteiger partial charge is 0.433 e. The molecule has 0 aliphatic heterocycles. The first kappa shape index (κ1) is 21.0. The Labute approximate surface area is 181 Å².